The van der Waals surface area contributed by atoms with Gasteiger partial charge in [0.25, 0.3) is 0 Å². The van der Waals surface area contributed by atoms with Crippen molar-refractivity contribution in [3.05, 3.63) is 170 Å². The second-order valence-electron chi connectivity index (χ2n) is 27.1. The number of carbonyl (C=O) groups excluding carboxylic acids is 1. The summed E-state index contributed by atoms with van der Waals surface area (Å²) in [6.45, 7) is 1.56. The summed E-state index contributed by atoms with van der Waals surface area (Å²) in [6, 6.07) is -1.02. The van der Waals surface area contributed by atoms with Crippen molar-refractivity contribution in [2.24, 2.45) is 0 Å². The summed E-state index contributed by atoms with van der Waals surface area (Å²) in [5.41, 5.74) is 0. The van der Waals surface area contributed by atoms with Crippen LogP contribution in [0.4, 0.5) is 0 Å². The monoisotopic (exact) mass is 1460 g/mol. The van der Waals surface area contributed by atoms with Crippen molar-refractivity contribution in [2.75, 3.05) is 26.4 Å². The molecule has 0 aromatic rings. The molecule has 1 amide bonds. The highest BCUT2D eigenvalue weighted by Crippen LogP contribution is 2.33. The van der Waals surface area contributed by atoms with E-state index in [0.29, 0.717) is 12.8 Å². The lowest BCUT2D eigenvalue weighted by Gasteiger charge is -2.48. The maximum atomic E-state index is 13.4. The van der Waals surface area contributed by atoms with E-state index in [4.69, 9.17) is 28.4 Å². The Morgan fingerprint density at radius 2 is 0.673 bits per heavy atom. The van der Waals surface area contributed by atoms with Gasteiger partial charge in [-0.1, -0.05) is 261 Å². The van der Waals surface area contributed by atoms with E-state index in [1.54, 1.807) is 6.08 Å². The molecular formula is C85H137NO18. The van der Waals surface area contributed by atoms with E-state index in [9.17, 15) is 61.0 Å². The molecule has 0 saturated carbocycles. The molecule has 0 aromatic carbocycles. The van der Waals surface area contributed by atoms with Crippen LogP contribution in [0.3, 0.4) is 0 Å². The SMILES string of the molecule is CC/C=C\C/C=C\C/C=C\C/C=C\C/C=C\C/C=C\C/C=C\C/C=C\C/C=C\C/C=C\C/C=C\CCCCCCCCCC(=O)NC(COC1OC(CO)C(OC2OC(CO)C(OC3OC(CO)C(O)C(O)C3O)C(O)C2O)C(O)C1O)C(O)/C=C/CC/C=C/CC/C=C/CCCCCCCCCC. The highest BCUT2D eigenvalue weighted by atomic mass is 16.8. The zero-order valence-corrected chi connectivity index (χ0v) is 62.9. The molecule has 3 saturated heterocycles. The van der Waals surface area contributed by atoms with Gasteiger partial charge in [-0.15, -0.1) is 0 Å². The smallest absolute Gasteiger partial charge is 0.220 e. The summed E-state index contributed by atoms with van der Waals surface area (Å²) >= 11 is 0. The molecule has 17 unspecified atom stereocenters. The van der Waals surface area contributed by atoms with Crippen molar-refractivity contribution < 1.29 is 89.4 Å². The minimum absolute atomic E-state index is 0.207. The van der Waals surface area contributed by atoms with E-state index >= 15 is 0 Å². The fourth-order valence-electron chi connectivity index (χ4n) is 11.9. The van der Waals surface area contributed by atoms with E-state index < -0.39 is 124 Å². The Bertz CT molecular complexity index is 2550. The van der Waals surface area contributed by atoms with Crippen molar-refractivity contribution in [2.45, 2.75) is 330 Å². The number of hydrogen-bond acceptors (Lipinski definition) is 18. The maximum Gasteiger partial charge on any atom is 0.220 e. The summed E-state index contributed by atoms with van der Waals surface area (Å²) in [5, 5.41) is 121. The quantitative estimate of drug-likeness (QED) is 0.0199. The van der Waals surface area contributed by atoms with Gasteiger partial charge in [-0.2, -0.15) is 0 Å². The van der Waals surface area contributed by atoms with E-state index in [-0.39, 0.29) is 18.9 Å². The van der Waals surface area contributed by atoms with Gasteiger partial charge in [-0.3, -0.25) is 4.79 Å². The molecule has 3 aliphatic heterocycles. The molecule has 12 N–H and O–H groups in total. The molecule has 19 nitrogen and oxygen atoms in total. The Morgan fingerprint density at radius 1 is 0.356 bits per heavy atom. The highest BCUT2D eigenvalue weighted by Gasteiger charge is 2.53. The Hall–Kier alpha value is -4.85. The van der Waals surface area contributed by atoms with Crippen LogP contribution in [-0.2, 0) is 33.2 Å². The summed E-state index contributed by atoms with van der Waals surface area (Å²) in [5.74, 6) is -0.308. The molecule has 0 aliphatic carbocycles. The first kappa shape index (κ1) is 93.4. The molecule has 0 spiro atoms. The average Bonchev–Trinajstić information content (AvgIpc) is 0.783. The molecule has 0 aromatic heterocycles. The molecule has 17 atom stereocenters. The van der Waals surface area contributed by atoms with Crippen molar-refractivity contribution in [3.8, 4) is 0 Å². The standard InChI is InChI=1S/C85H137NO18/c1-3-5-7-9-11-13-15-17-19-21-23-24-25-26-27-28-29-30-31-32-33-34-35-36-37-38-39-40-41-42-43-44-45-47-49-51-53-55-57-59-61-63-73(91)86-68(69(90)62-60-58-56-54-52-50-48-46-22-20-18-16-14-12-10-8-6-4-2)67-99-83-79(97)76(94)81(71(65-88)101-83)104-85-80(98)77(95)82(72(66-89)102-85)103-84-78(96)75(93)74(92)70(64-87)100-84/h5,7,11,13,17,19,22-24,26-27,29-30,32-33,35-36,38-39,41-42,44-46,52,54,60,62,68-72,74-85,87-90,92-98H,3-4,6,8-10,12,14-16,18,20-21,25,28,31,34,37,40,43,47-51,53,55-59,61,63-67H2,1-2H3,(H,86,91)/b7-5-,13-11-,19-17-,24-23-,27-26-,30-29-,33-32-,36-35-,39-38-,42-41-,45-44-,46-22+,54-52+,62-60+. The first-order chi connectivity index (χ1) is 50.8. The molecule has 590 valence electrons. The predicted octanol–water partition coefficient (Wildman–Crippen LogP) is 13.0. The minimum Gasteiger partial charge on any atom is -0.394 e. The first-order valence-corrected chi connectivity index (χ1v) is 39.4. The zero-order chi connectivity index (χ0) is 75.3. The predicted molar refractivity (Wildman–Crippen MR) is 415 cm³/mol. The number of amides is 1. The second kappa shape index (κ2) is 63.1. The second-order valence-corrected chi connectivity index (χ2v) is 27.1. The molecule has 3 rings (SSSR count). The maximum absolute atomic E-state index is 13.4. The number of aliphatic hydroxyl groups excluding tert-OH is 11. The Morgan fingerprint density at radius 3 is 1.08 bits per heavy atom. The number of hydrogen-bond donors (Lipinski definition) is 12. The van der Waals surface area contributed by atoms with E-state index in [0.717, 1.165) is 141 Å². The van der Waals surface area contributed by atoms with Crippen molar-refractivity contribution in [1.29, 1.82) is 0 Å². The molecule has 0 radical (unpaired) electrons. The zero-order valence-electron chi connectivity index (χ0n) is 62.9. The number of allylic oxidation sites excluding steroid dienone is 27. The van der Waals surface area contributed by atoms with E-state index in [1.807, 2.05) is 6.08 Å². The normalized spacial score (nSPS) is 26.9. The number of rotatable bonds is 59. The Kier molecular flexibility index (Phi) is 56.7. The van der Waals surface area contributed by atoms with Crippen molar-refractivity contribution >= 4 is 5.91 Å². The molecule has 104 heavy (non-hydrogen) atoms. The van der Waals surface area contributed by atoms with Gasteiger partial charge in [-0.25, -0.2) is 0 Å². The average molecular weight is 1460 g/mol. The fraction of sp³-hybridized carbons (Fsp3) is 0.659. The van der Waals surface area contributed by atoms with Gasteiger partial charge in [0.05, 0.1) is 38.6 Å². The van der Waals surface area contributed by atoms with Crippen LogP contribution in [0.25, 0.3) is 0 Å². The third kappa shape index (κ3) is 42.6. The van der Waals surface area contributed by atoms with Gasteiger partial charge < -0.3 is 89.9 Å². The molecule has 3 fully saturated rings. The number of nitrogens with one attached hydrogen (secondary N) is 1. The first-order valence-electron chi connectivity index (χ1n) is 39.4. The summed E-state index contributed by atoms with van der Waals surface area (Å²) in [7, 11) is 0. The van der Waals surface area contributed by atoms with Gasteiger partial charge >= 0.3 is 0 Å². The van der Waals surface area contributed by atoms with Crippen LogP contribution < -0.4 is 5.32 Å². The van der Waals surface area contributed by atoms with E-state index in [1.165, 1.54) is 51.4 Å². The number of carbonyl (C=O) groups is 1. The van der Waals surface area contributed by atoms with Gasteiger partial charge in [0.1, 0.15) is 73.2 Å². The van der Waals surface area contributed by atoms with Gasteiger partial charge in [0.15, 0.2) is 18.9 Å². The van der Waals surface area contributed by atoms with Gasteiger partial charge in [0.2, 0.25) is 5.91 Å². The van der Waals surface area contributed by atoms with Crippen molar-refractivity contribution in [3.63, 3.8) is 0 Å². The Labute approximate surface area is 624 Å². The minimum atomic E-state index is -1.99. The van der Waals surface area contributed by atoms with Crippen LogP contribution in [0.2, 0.25) is 0 Å². The molecule has 3 heterocycles. The number of ether oxygens (including phenoxy) is 6. The van der Waals surface area contributed by atoms with Crippen molar-refractivity contribution in [1.82, 2.24) is 5.32 Å². The summed E-state index contributed by atoms with van der Waals surface area (Å²) < 4.78 is 34.4. The third-order valence-electron chi connectivity index (χ3n) is 18.2. The van der Waals surface area contributed by atoms with Crippen LogP contribution in [0, 0.1) is 0 Å². The number of unbranched alkanes of at least 4 members (excludes halogenated alkanes) is 17. The lowest BCUT2D eigenvalue weighted by molar-refractivity contribution is -0.379. The van der Waals surface area contributed by atoms with Gasteiger partial charge in [-0.05, 0) is 128 Å². The fourth-order valence-corrected chi connectivity index (χ4v) is 11.9. The summed E-state index contributed by atoms with van der Waals surface area (Å²) in [4.78, 5) is 13.4. The lowest BCUT2D eigenvalue weighted by Crippen LogP contribution is -2.66. The molecule has 0 bridgehead atoms. The number of aliphatic hydroxyl groups is 11. The summed E-state index contributed by atoms with van der Waals surface area (Å²) in [6.07, 6.45) is 67.6. The topological polar surface area (TPSA) is 307 Å². The third-order valence-corrected chi connectivity index (χ3v) is 18.2. The van der Waals surface area contributed by atoms with Crippen LogP contribution in [0.15, 0.2) is 170 Å². The van der Waals surface area contributed by atoms with Gasteiger partial charge in [0, 0.05) is 6.42 Å². The largest absolute Gasteiger partial charge is 0.394 e. The van der Waals surface area contributed by atoms with Crippen LogP contribution in [-0.4, -0.2) is 193 Å². The molecule has 3 aliphatic rings. The lowest BCUT2D eigenvalue weighted by atomic mass is 9.96. The highest BCUT2D eigenvalue weighted by molar-refractivity contribution is 5.76. The molecule has 19 heteroatoms. The van der Waals surface area contributed by atoms with E-state index in [2.05, 4.69) is 177 Å². The van der Waals surface area contributed by atoms with Crippen LogP contribution in [0.1, 0.15) is 226 Å². The van der Waals surface area contributed by atoms with Crippen LogP contribution in [0.5, 0.6) is 0 Å². The molecular weight excluding hydrogens is 1320 g/mol. The van der Waals surface area contributed by atoms with Crippen LogP contribution >= 0.6 is 0 Å². The Balaban J connectivity index is 1.36.